The number of piperidine rings is 1. The number of pyridine rings is 1. The number of rotatable bonds is 6. The van der Waals surface area contributed by atoms with Gasteiger partial charge in [-0.1, -0.05) is 0 Å². The lowest BCUT2D eigenvalue weighted by Crippen LogP contribution is -2.35. The van der Waals surface area contributed by atoms with Crippen LogP contribution in [0.25, 0.3) is 22.2 Å². The number of nitrogens with one attached hydrogen (secondary N) is 2. The van der Waals surface area contributed by atoms with Gasteiger partial charge in [0, 0.05) is 28.8 Å². The highest BCUT2D eigenvalue weighted by molar-refractivity contribution is 5.98. The van der Waals surface area contributed by atoms with Gasteiger partial charge >= 0.3 is 0 Å². The maximum Gasteiger partial charge on any atom is 0.181 e. The first-order chi connectivity index (χ1) is 15.2. The van der Waals surface area contributed by atoms with E-state index in [9.17, 15) is 4.79 Å². The van der Waals surface area contributed by atoms with Gasteiger partial charge in [0.05, 0.1) is 23.8 Å². The fourth-order valence-corrected chi connectivity index (χ4v) is 3.81. The highest BCUT2D eigenvalue weighted by Crippen LogP contribution is 2.23. The average molecular weight is 414 g/mol. The Morgan fingerprint density at radius 3 is 2.87 bits per heavy atom. The summed E-state index contributed by atoms with van der Waals surface area (Å²) in [5.41, 5.74) is 2.90. The molecule has 0 aliphatic carbocycles. The lowest BCUT2D eigenvalue weighted by Gasteiger charge is -2.24. The number of carbonyl (C=O) groups is 1. The van der Waals surface area contributed by atoms with Crippen molar-refractivity contribution in [3.8, 4) is 11.3 Å². The molecule has 3 aromatic heterocycles. The molecule has 0 atom stereocenters. The number of carbonyl (C=O) groups excluding carboxylic acids is 1. The number of ketones is 1. The zero-order valence-corrected chi connectivity index (χ0v) is 16.9. The Morgan fingerprint density at radius 2 is 2.03 bits per heavy atom. The predicted molar refractivity (Wildman–Crippen MR) is 117 cm³/mol. The summed E-state index contributed by atoms with van der Waals surface area (Å²) in [7, 11) is 0. The van der Waals surface area contributed by atoms with E-state index in [4.69, 9.17) is 4.42 Å². The fraction of sp³-hybridized carbons (Fsp3) is 0.261. The third kappa shape index (κ3) is 4.44. The first-order valence-electron chi connectivity index (χ1n) is 10.4. The molecule has 5 rings (SSSR count). The summed E-state index contributed by atoms with van der Waals surface area (Å²) < 4.78 is 5.37. The van der Waals surface area contributed by atoms with E-state index in [1.165, 1.54) is 6.39 Å². The Labute approximate surface area is 179 Å². The standard InChI is InChI=1S/C23H22N6O2/c30-21(15-3-8-26-23(11-15)27-18-4-6-24-7-5-18)12-19-10-17-9-16(22-13-25-14-31-22)1-2-20(17)29-28-19/h1-3,8-11,13-14,18,24H,4-7,12H2,(H,26,27). The maximum absolute atomic E-state index is 12.9. The van der Waals surface area contributed by atoms with Crippen molar-refractivity contribution in [2.45, 2.75) is 25.3 Å². The van der Waals surface area contributed by atoms with Crippen LogP contribution in [0.4, 0.5) is 5.82 Å². The summed E-state index contributed by atoms with van der Waals surface area (Å²) in [6.07, 6.45) is 7.00. The Balaban J connectivity index is 1.33. The normalized spacial score (nSPS) is 14.6. The van der Waals surface area contributed by atoms with Crippen LogP contribution in [-0.2, 0) is 6.42 Å². The first kappa shape index (κ1) is 19.3. The van der Waals surface area contributed by atoms with Crippen molar-refractivity contribution in [3.63, 3.8) is 0 Å². The zero-order valence-electron chi connectivity index (χ0n) is 16.9. The van der Waals surface area contributed by atoms with Gasteiger partial charge in [0.2, 0.25) is 0 Å². The van der Waals surface area contributed by atoms with Gasteiger partial charge in [-0.15, -0.1) is 0 Å². The van der Waals surface area contributed by atoms with Crippen LogP contribution in [0.5, 0.6) is 0 Å². The molecule has 0 radical (unpaired) electrons. The highest BCUT2D eigenvalue weighted by atomic mass is 16.3. The SMILES string of the molecule is O=C(Cc1cc2cc(-c3cnco3)ccc2nn1)c1ccnc(NC2CCNCC2)c1. The van der Waals surface area contributed by atoms with Crippen LogP contribution in [0.2, 0.25) is 0 Å². The van der Waals surface area contributed by atoms with Crippen LogP contribution in [-0.4, -0.2) is 45.1 Å². The van der Waals surface area contributed by atoms with Crippen molar-refractivity contribution in [3.05, 3.63) is 66.4 Å². The molecule has 1 saturated heterocycles. The topological polar surface area (TPSA) is 106 Å². The Kier molecular flexibility index (Phi) is 5.37. The summed E-state index contributed by atoms with van der Waals surface area (Å²) >= 11 is 0. The Hall–Kier alpha value is -3.65. The predicted octanol–water partition coefficient (Wildman–Crippen LogP) is 3.27. The lowest BCUT2D eigenvalue weighted by atomic mass is 10.0. The first-order valence-corrected chi connectivity index (χ1v) is 10.4. The second kappa shape index (κ2) is 8.61. The van der Waals surface area contributed by atoms with Crippen LogP contribution in [0.3, 0.4) is 0 Å². The van der Waals surface area contributed by atoms with E-state index in [1.807, 2.05) is 30.3 Å². The smallest absolute Gasteiger partial charge is 0.181 e. The van der Waals surface area contributed by atoms with Crippen LogP contribution in [0.15, 0.2) is 59.6 Å². The quantitative estimate of drug-likeness (QED) is 0.463. The molecular weight excluding hydrogens is 392 g/mol. The molecule has 0 amide bonds. The molecule has 2 N–H and O–H groups in total. The largest absolute Gasteiger partial charge is 0.444 e. The number of anilines is 1. The molecule has 1 aliphatic rings. The molecular formula is C23H22N6O2. The average Bonchev–Trinajstić information content (AvgIpc) is 3.34. The second-order valence-electron chi connectivity index (χ2n) is 7.67. The van der Waals surface area contributed by atoms with Gasteiger partial charge in [-0.2, -0.15) is 10.2 Å². The van der Waals surface area contributed by atoms with Gasteiger partial charge < -0.3 is 15.1 Å². The van der Waals surface area contributed by atoms with Crippen LogP contribution in [0, 0.1) is 0 Å². The monoisotopic (exact) mass is 414 g/mol. The van der Waals surface area contributed by atoms with Crippen molar-refractivity contribution in [2.24, 2.45) is 0 Å². The summed E-state index contributed by atoms with van der Waals surface area (Å²) in [6.45, 7) is 1.99. The summed E-state index contributed by atoms with van der Waals surface area (Å²) in [6, 6.07) is 11.6. The van der Waals surface area contributed by atoms with E-state index in [1.54, 1.807) is 18.5 Å². The summed E-state index contributed by atoms with van der Waals surface area (Å²) in [5, 5.41) is 16.2. The van der Waals surface area contributed by atoms with Gasteiger partial charge in [-0.25, -0.2) is 9.97 Å². The van der Waals surface area contributed by atoms with Crippen LogP contribution < -0.4 is 10.6 Å². The van der Waals surface area contributed by atoms with Gasteiger partial charge in [0.15, 0.2) is 17.9 Å². The molecule has 1 aromatic carbocycles. The van der Waals surface area contributed by atoms with E-state index in [0.29, 0.717) is 23.1 Å². The summed E-state index contributed by atoms with van der Waals surface area (Å²) in [4.78, 5) is 21.2. The van der Waals surface area contributed by atoms with E-state index >= 15 is 0 Å². The van der Waals surface area contributed by atoms with E-state index in [0.717, 1.165) is 48.2 Å². The van der Waals surface area contributed by atoms with Crippen molar-refractivity contribution in [2.75, 3.05) is 18.4 Å². The number of fused-ring (bicyclic) bond motifs is 1. The minimum Gasteiger partial charge on any atom is -0.444 e. The third-order valence-electron chi connectivity index (χ3n) is 5.47. The van der Waals surface area contributed by atoms with Crippen molar-refractivity contribution >= 4 is 22.5 Å². The van der Waals surface area contributed by atoms with Crippen LogP contribution >= 0.6 is 0 Å². The van der Waals surface area contributed by atoms with Crippen molar-refractivity contribution < 1.29 is 9.21 Å². The highest BCUT2D eigenvalue weighted by Gasteiger charge is 2.15. The van der Waals surface area contributed by atoms with E-state index in [-0.39, 0.29) is 12.2 Å². The molecule has 1 aliphatic heterocycles. The number of oxazole rings is 1. The number of benzene rings is 1. The van der Waals surface area contributed by atoms with Gasteiger partial charge in [0.25, 0.3) is 0 Å². The van der Waals surface area contributed by atoms with E-state index in [2.05, 4.69) is 30.8 Å². The molecule has 0 spiro atoms. The number of Topliss-reactive ketones (excluding diaryl/α,β-unsaturated/α-hetero) is 1. The number of hydrogen-bond acceptors (Lipinski definition) is 8. The third-order valence-corrected chi connectivity index (χ3v) is 5.47. The fourth-order valence-electron chi connectivity index (χ4n) is 3.81. The number of aromatic nitrogens is 4. The maximum atomic E-state index is 12.9. The molecule has 4 aromatic rings. The number of nitrogens with zero attached hydrogens (tertiary/aromatic N) is 4. The molecule has 31 heavy (non-hydrogen) atoms. The molecule has 1 fully saturated rings. The minimum absolute atomic E-state index is 0.0178. The molecule has 0 unspecified atom stereocenters. The Bertz CT molecular complexity index is 1200. The second-order valence-corrected chi connectivity index (χ2v) is 7.67. The molecule has 4 heterocycles. The van der Waals surface area contributed by atoms with Gasteiger partial charge in [-0.3, -0.25) is 4.79 Å². The number of hydrogen-bond donors (Lipinski definition) is 2. The zero-order chi connectivity index (χ0) is 21.0. The van der Waals surface area contributed by atoms with Crippen molar-refractivity contribution in [1.82, 2.24) is 25.5 Å². The molecule has 0 saturated carbocycles. The van der Waals surface area contributed by atoms with Crippen LogP contribution in [0.1, 0.15) is 28.9 Å². The summed E-state index contributed by atoms with van der Waals surface area (Å²) in [5.74, 6) is 1.40. The van der Waals surface area contributed by atoms with Gasteiger partial charge in [-0.05, 0) is 62.3 Å². The lowest BCUT2D eigenvalue weighted by molar-refractivity contribution is 0.0991. The molecule has 156 valence electrons. The van der Waals surface area contributed by atoms with E-state index < -0.39 is 0 Å². The molecule has 0 bridgehead atoms. The molecule has 8 heteroatoms. The van der Waals surface area contributed by atoms with Gasteiger partial charge in [0.1, 0.15) is 5.82 Å². The Morgan fingerprint density at radius 1 is 1.13 bits per heavy atom. The van der Waals surface area contributed by atoms with Crippen molar-refractivity contribution in [1.29, 1.82) is 0 Å². The molecule has 8 nitrogen and oxygen atoms in total. The minimum atomic E-state index is -0.0178.